The number of rotatable bonds is 6. The quantitative estimate of drug-likeness (QED) is 0.828. The van der Waals surface area contributed by atoms with Gasteiger partial charge in [0.25, 0.3) is 0 Å². The molecule has 5 heteroatoms. The van der Waals surface area contributed by atoms with Crippen molar-refractivity contribution >= 4 is 23.2 Å². The van der Waals surface area contributed by atoms with Crippen LogP contribution in [-0.2, 0) is 16.0 Å². The normalized spacial score (nSPS) is 22.0. The van der Waals surface area contributed by atoms with Gasteiger partial charge in [0.05, 0.1) is 5.41 Å². The monoisotopic (exact) mass is 382 g/mol. The number of nitrogens with zero attached hydrogens (tertiary/aromatic N) is 1. The van der Waals surface area contributed by atoms with Crippen molar-refractivity contribution in [2.45, 2.75) is 32.6 Å². The minimum Gasteiger partial charge on any atom is -0.356 e. The first-order valence-corrected chi connectivity index (χ1v) is 10.7. The molecule has 2 aromatic rings. The fourth-order valence-electron chi connectivity index (χ4n) is 4.04. The van der Waals surface area contributed by atoms with Gasteiger partial charge >= 0.3 is 0 Å². The van der Waals surface area contributed by atoms with E-state index in [2.05, 4.69) is 46.4 Å². The van der Waals surface area contributed by atoms with Gasteiger partial charge in [-0.25, -0.2) is 0 Å². The molecule has 1 atom stereocenters. The van der Waals surface area contributed by atoms with Gasteiger partial charge in [0.1, 0.15) is 0 Å². The zero-order valence-corrected chi connectivity index (χ0v) is 16.6. The van der Waals surface area contributed by atoms with Crippen LogP contribution in [0.15, 0.2) is 41.1 Å². The maximum Gasteiger partial charge on any atom is 0.228 e. The van der Waals surface area contributed by atoms with Crippen LogP contribution in [0, 0.1) is 11.3 Å². The highest BCUT2D eigenvalue weighted by molar-refractivity contribution is 7.08. The van der Waals surface area contributed by atoms with Gasteiger partial charge in [-0.2, -0.15) is 11.3 Å². The van der Waals surface area contributed by atoms with E-state index >= 15 is 0 Å². The van der Waals surface area contributed by atoms with Gasteiger partial charge < -0.3 is 10.2 Å². The Morgan fingerprint density at radius 1 is 1.19 bits per heavy atom. The lowest BCUT2D eigenvalue weighted by Crippen LogP contribution is -2.45. The standard InChI is InChI=1S/C22H26N2O2S/c1-2-23-21(26)22(10-11-24(15-22)20(25)18-7-8-18)13-16-3-5-17(6-4-16)19-9-12-27-14-19/h3-6,9,12,14,18H,2,7-8,10-11,13,15H2,1H3,(H,23,26). The molecule has 4 nitrogen and oxygen atoms in total. The molecule has 2 amide bonds. The second kappa shape index (κ2) is 7.47. The lowest BCUT2D eigenvalue weighted by atomic mass is 9.79. The number of hydrogen-bond donors (Lipinski definition) is 1. The summed E-state index contributed by atoms with van der Waals surface area (Å²) in [4.78, 5) is 27.4. The topological polar surface area (TPSA) is 49.4 Å². The molecule has 1 aliphatic carbocycles. The third-order valence-corrected chi connectivity index (χ3v) is 6.45. The van der Waals surface area contributed by atoms with Crippen LogP contribution < -0.4 is 5.32 Å². The van der Waals surface area contributed by atoms with Crippen LogP contribution in [0.25, 0.3) is 11.1 Å². The Labute approximate surface area is 164 Å². The summed E-state index contributed by atoms with van der Waals surface area (Å²) in [5.41, 5.74) is 3.07. The molecule has 0 bridgehead atoms. The summed E-state index contributed by atoms with van der Waals surface area (Å²) in [6.07, 6.45) is 3.43. The van der Waals surface area contributed by atoms with Crippen LogP contribution in [0.4, 0.5) is 0 Å². The number of carbonyl (C=O) groups is 2. The molecule has 2 aliphatic rings. The Kier molecular flexibility index (Phi) is 5.04. The summed E-state index contributed by atoms with van der Waals surface area (Å²) < 4.78 is 0. The average Bonchev–Trinajstić information content (AvgIpc) is 3.21. The molecule has 1 aliphatic heterocycles. The van der Waals surface area contributed by atoms with E-state index in [1.54, 1.807) is 11.3 Å². The number of benzene rings is 1. The van der Waals surface area contributed by atoms with Gasteiger partial charge in [-0.1, -0.05) is 24.3 Å². The van der Waals surface area contributed by atoms with Crippen LogP contribution in [-0.4, -0.2) is 36.3 Å². The van der Waals surface area contributed by atoms with Crippen molar-refractivity contribution in [3.05, 3.63) is 46.7 Å². The molecule has 1 aromatic heterocycles. The number of nitrogens with one attached hydrogen (secondary N) is 1. The second-order valence-corrected chi connectivity index (χ2v) is 8.59. The van der Waals surface area contributed by atoms with Crippen LogP contribution in [0.2, 0.25) is 0 Å². The maximum atomic E-state index is 12.9. The van der Waals surface area contributed by atoms with E-state index in [0.29, 0.717) is 26.1 Å². The van der Waals surface area contributed by atoms with Crippen LogP contribution in [0.3, 0.4) is 0 Å². The number of carbonyl (C=O) groups excluding carboxylic acids is 2. The Morgan fingerprint density at radius 3 is 2.59 bits per heavy atom. The minimum absolute atomic E-state index is 0.0815. The second-order valence-electron chi connectivity index (χ2n) is 7.81. The Balaban J connectivity index is 1.53. The molecule has 0 spiro atoms. The Hall–Kier alpha value is -2.14. The lowest BCUT2D eigenvalue weighted by molar-refractivity contribution is -0.134. The molecular formula is C22H26N2O2S. The molecule has 27 heavy (non-hydrogen) atoms. The van der Waals surface area contributed by atoms with Crippen molar-refractivity contribution in [1.82, 2.24) is 10.2 Å². The summed E-state index contributed by atoms with van der Waals surface area (Å²) in [5, 5.41) is 7.23. The van der Waals surface area contributed by atoms with E-state index in [1.807, 2.05) is 11.8 Å². The van der Waals surface area contributed by atoms with E-state index in [0.717, 1.165) is 24.8 Å². The molecule has 4 rings (SSSR count). The van der Waals surface area contributed by atoms with Crippen molar-refractivity contribution in [3.8, 4) is 11.1 Å². The van der Waals surface area contributed by atoms with Crippen molar-refractivity contribution in [2.24, 2.45) is 11.3 Å². The van der Waals surface area contributed by atoms with E-state index in [9.17, 15) is 9.59 Å². The Morgan fingerprint density at radius 2 is 1.96 bits per heavy atom. The van der Waals surface area contributed by atoms with Crippen molar-refractivity contribution in [3.63, 3.8) is 0 Å². The van der Waals surface area contributed by atoms with Crippen molar-refractivity contribution < 1.29 is 9.59 Å². The molecule has 142 valence electrons. The number of likely N-dealkylation sites (tertiary alicyclic amines) is 1. The molecular weight excluding hydrogens is 356 g/mol. The lowest BCUT2D eigenvalue weighted by Gasteiger charge is -2.28. The van der Waals surface area contributed by atoms with Crippen LogP contribution in [0.1, 0.15) is 31.7 Å². The molecule has 1 N–H and O–H groups in total. The first-order chi connectivity index (χ1) is 13.1. The van der Waals surface area contributed by atoms with Gasteiger partial charge in [-0.15, -0.1) is 0 Å². The summed E-state index contributed by atoms with van der Waals surface area (Å²) in [6, 6.07) is 10.6. The molecule has 2 fully saturated rings. The third-order valence-electron chi connectivity index (χ3n) is 5.76. The predicted molar refractivity (Wildman–Crippen MR) is 108 cm³/mol. The van der Waals surface area contributed by atoms with Gasteiger partial charge in [0, 0.05) is 25.6 Å². The third kappa shape index (κ3) is 3.79. The van der Waals surface area contributed by atoms with Gasteiger partial charge in [0.2, 0.25) is 11.8 Å². The minimum atomic E-state index is -0.509. The van der Waals surface area contributed by atoms with Gasteiger partial charge in [-0.05, 0) is 66.1 Å². The SMILES string of the molecule is CCNC(=O)C1(Cc2ccc(-c3ccsc3)cc2)CCN(C(=O)C2CC2)C1. The average molecular weight is 383 g/mol. The van der Waals surface area contributed by atoms with E-state index < -0.39 is 5.41 Å². The summed E-state index contributed by atoms with van der Waals surface area (Å²) in [7, 11) is 0. The van der Waals surface area contributed by atoms with Gasteiger partial charge in [0.15, 0.2) is 0 Å². The first kappa shape index (κ1) is 18.2. The van der Waals surface area contributed by atoms with Crippen molar-refractivity contribution in [1.29, 1.82) is 0 Å². The Bertz CT molecular complexity index is 811. The zero-order valence-electron chi connectivity index (χ0n) is 15.7. The fraction of sp³-hybridized carbons (Fsp3) is 0.455. The predicted octanol–water partition coefficient (Wildman–Crippen LogP) is 3.72. The van der Waals surface area contributed by atoms with Crippen LogP contribution >= 0.6 is 11.3 Å². The molecule has 1 saturated heterocycles. The van der Waals surface area contributed by atoms with E-state index in [-0.39, 0.29) is 17.7 Å². The maximum absolute atomic E-state index is 12.9. The van der Waals surface area contributed by atoms with Crippen molar-refractivity contribution in [2.75, 3.05) is 19.6 Å². The summed E-state index contributed by atoms with van der Waals surface area (Å²) >= 11 is 1.69. The molecule has 0 radical (unpaired) electrons. The molecule has 1 saturated carbocycles. The fourth-order valence-corrected chi connectivity index (χ4v) is 4.71. The molecule has 1 unspecified atom stereocenters. The van der Waals surface area contributed by atoms with Crippen LogP contribution in [0.5, 0.6) is 0 Å². The summed E-state index contributed by atoms with van der Waals surface area (Å²) in [6.45, 7) is 3.80. The summed E-state index contributed by atoms with van der Waals surface area (Å²) in [5.74, 6) is 0.534. The highest BCUT2D eigenvalue weighted by Crippen LogP contribution is 2.39. The zero-order chi connectivity index (χ0) is 18.9. The molecule has 1 aromatic carbocycles. The van der Waals surface area contributed by atoms with E-state index in [1.165, 1.54) is 11.1 Å². The molecule has 2 heterocycles. The smallest absolute Gasteiger partial charge is 0.228 e. The number of hydrogen-bond acceptors (Lipinski definition) is 3. The largest absolute Gasteiger partial charge is 0.356 e. The number of amides is 2. The first-order valence-electron chi connectivity index (χ1n) is 9.80. The van der Waals surface area contributed by atoms with E-state index in [4.69, 9.17) is 0 Å². The number of thiophene rings is 1. The highest BCUT2D eigenvalue weighted by Gasteiger charge is 2.47. The highest BCUT2D eigenvalue weighted by atomic mass is 32.1. The van der Waals surface area contributed by atoms with Gasteiger partial charge in [-0.3, -0.25) is 9.59 Å².